The largest absolute Gasteiger partial charge is 0.480 e. The van der Waals surface area contributed by atoms with Gasteiger partial charge in [-0.2, -0.15) is 0 Å². The van der Waals surface area contributed by atoms with Crippen LogP contribution in [0.5, 0.6) is 0 Å². The van der Waals surface area contributed by atoms with Crippen LogP contribution in [0.1, 0.15) is 92.6 Å². The zero-order valence-electron chi connectivity index (χ0n) is 37.5. The number of carboxylic acids is 1. The molecular weight excluding hydrogens is 741 g/mol. The van der Waals surface area contributed by atoms with Crippen LogP contribution < -0.4 is 16.0 Å². The lowest BCUT2D eigenvalue weighted by atomic mass is 9.89. The molecule has 0 spiro atoms. The van der Waals surface area contributed by atoms with Gasteiger partial charge in [-0.15, -0.1) is 0 Å². The van der Waals surface area contributed by atoms with Crippen LogP contribution in [-0.2, 0) is 39.9 Å². The highest BCUT2D eigenvalue weighted by molar-refractivity contribution is 5.90. The van der Waals surface area contributed by atoms with Crippen molar-refractivity contribution >= 4 is 29.6 Å². The molecule has 14 heteroatoms. The second kappa shape index (κ2) is 25.1. The molecule has 0 bridgehead atoms. The Morgan fingerprint density at radius 3 is 2.10 bits per heavy atom. The average molecular weight is 817 g/mol. The third-order valence-electron chi connectivity index (χ3n) is 11.9. The molecular formula is C44H76N6O8. The summed E-state index contributed by atoms with van der Waals surface area (Å²) in [5.41, 5.74) is 0.785. The molecule has 1 aromatic carbocycles. The molecule has 1 aromatic rings. The maximum Gasteiger partial charge on any atom is 0.326 e. The van der Waals surface area contributed by atoms with E-state index in [2.05, 4.69) is 20.9 Å². The molecule has 0 radical (unpaired) electrons. The minimum absolute atomic E-state index is 0.0126. The van der Waals surface area contributed by atoms with E-state index in [0.29, 0.717) is 19.4 Å². The standard InChI is InChI=1S/C44H76N6O8/c1-13-30(6)39(49(10)43(54)37(28(2)3)47-42(53)38(29(4)5)48(9)24-18-17-23-45-8)35(57-11)27-36(51)50-25-19-22-34(50)40(58-12)31(7)41(52)46-33(44(55)56)26-32-20-15-14-16-21-32/h14-16,20-21,28-31,33-35,37-40,45H,13,17-19,22-27H2,1-12H3,(H,46,52)(H,47,53)(H,55,56)/t30-,31+,33-,34-,35+,37-,38-,39-,40+/m0/s1. The monoisotopic (exact) mass is 817 g/mol. The van der Waals surface area contributed by atoms with Gasteiger partial charge in [0.05, 0.1) is 42.7 Å². The minimum Gasteiger partial charge on any atom is -0.480 e. The normalized spacial score (nSPS) is 18.6. The number of carbonyl (C=O) groups excluding carboxylic acids is 4. The first-order valence-corrected chi connectivity index (χ1v) is 21.3. The molecule has 4 N–H and O–H groups in total. The lowest BCUT2D eigenvalue weighted by Gasteiger charge is -2.41. The number of hydrogen-bond acceptors (Lipinski definition) is 9. The van der Waals surface area contributed by atoms with Gasteiger partial charge in [-0.05, 0) is 76.2 Å². The second-order valence-corrected chi connectivity index (χ2v) is 16.9. The maximum atomic E-state index is 14.4. The van der Waals surface area contributed by atoms with Gasteiger partial charge in [0, 0.05) is 34.2 Å². The predicted octanol–water partition coefficient (Wildman–Crippen LogP) is 3.82. The van der Waals surface area contributed by atoms with Crippen LogP contribution in [0.15, 0.2) is 30.3 Å². The summed E-state index contributed by atoms with van der Waals surface area (Å²) in [5, 5.41) is 18.9. The molecule has 14 nitrogen and oxygen atoms in total. The van der Waals surface area contributed by atoms with Crippen LogP contribution in [0.4, 0.5) is 0 Å². The first kappa shape index (κ1) is 50.6. The molecule has 1 aliphatic heterocycles. The SMILES string of the molecule is CC[C@H](C)[C@@H]([C@@H](CC(=O)N1CCC[C@H]1[C@H](OC)[C@@H](C)C(=O)N[C@@H](Cc1ccccc1)C(=O)O)OC)N(C)C(=O)[C@@H](NC(=O)[C@H](C(C)C)N(C)CCCCNC)C(C)C. The van der Waals surface area contributed by atoms with Crippen LogP contribution in [0.25, 0.3) is 0 Å². The number of nitrogens with zero attached hydrogens (tertiary/aromatic N) is 3. The van der Waals surface area contributed by atoms with E-state index < -0.39 is 60.2 Å². The lowest BCUT2D eigenvalue weighted by Crippen LogP contribution is -2.60. The van der Waals surface area contributed by atoms with Crippen molar-refractivity contribution in [2.75, 3.05) is 55.0 Å². The number of likely N-dealkylation sites (tertiary alicyclic amines) is 1. The highest BCUT2D eigenvalue weighted by atomic mass is 16.5. The summed E-state index contributed by atoms with van der Waals surface area (Å²) in [7, 11) is 8.66. The van der Waals surface area contributed by atoms with Gasteiger partial charge in [0.1, 0.15) is 12.1 Å². The van der Waals surface area contributed by atoms with E-state index >= 15 is 0 Å². The molecule has 0 unspecified atom stereocenters. The minimum atomic E-state index is -1.14. The van der Waals surface area contributed by atoms with Crippen molar-refractivity contribution in [2.45, 2.75) is 136 Å². The molecule has 9 atom stereocenters. The van der Waals surface area contributed by atoms with E-state index in [-0.39, 0.29) is 48.3 Å². The van der Waals surface area contributed by atoms with Crippen LogP contribution in [0.2, 0.25) is 0 Å². The molecule has 330 valence electrons. The van der Waals surface area contributed by atoms with Crippen LogP contribution >= 0.6 is 0 Å². The van der Waals surface area contributed by atoms with Crippen molar-refractivity contribution in [1.82, 2.24) is 30.7 Å². The number of rotatable bonds is 26. The Balaban J connectivity index is 2.26. The fraction of sp³-hybridized carbons (Fsp3) is 0.750. The highest BCUT2D eigenvalue weighted by Crippen LogP contribution is 2.30. The van der Waals surface area contributed by atoms with Crippen molar-refractivity contribution in [3.05, 3.63) is 35.9 Å². The van der Waals surface area contributed by atoms with Gasteiger partial charge < -0.3 is 40.3 Å². The molecule has 1 heterocycles. The molecule has 4 amide bonds. The maximum absolute atomic E-state index is 14.4. The fourth-order valence-electron chi connectivity index (χ4n) is 8.44. The van der Waals surface area contributed by atoms with Crippen molar-refractivity contribution in [2.24, 2.45) is 23.7 Å². The smallest absolute Gasteiger partial charge is 0.326 e. The third kappa shape index (κ3) is 14.3. The van der Waals surface area contributed by atoms with E-state index in [0.717, 1.165) is 37.9 Å². The van der Waals surface area contributed by atoms with Gasteiger partial charge >= 0.3 is 5.97 Å². The van der Waals surface area contributed by atoms with Gasteiger partial charge in [-0.25, -0.2) is 4.79 Å². The summed E-state index contributed by atoms with van der Waals surface area (Å²) in [6, 6.07) is 5.88. The van der Waals surface area contributed by atoms with Gasteiger partial charge in [0.25, 0.3) is 0 Å². The van der Waals surface area contributed by atoms with Gasteiger partial charge in [0.15, 0.2) is 0 Å². The van der Waals surface area contributed by atoms with Crippen LogP contribution in [0.3, 0.4) is 0 Å². The molecule has 1 saturated heterocycles. The van der Waals surface area contributed by atoms with Crippen molar-refractivity contribution < 1.29 is 38.6 Å². The topological polar surface area (TPSA) is 170 Å². The Labute approximate surface area is 348 Å². The number of likely N-dealkylation sites (N-methyl/N-ethyl adjacent to an activating group) is 2. The lowest BCUT2D eigenvalue weighted by molar-refractivity contribution is -0.148. The summed E-state index contributed by atoms with van der Waals surface area (Å²) in [6.45, 7) is 15.8. The Hall–Kier alpha value is -3.59. The number of hydrogen-bond donors (Lipinski definition) is 4. The Bertz CT molecular complexity index is 1430. The molecule has 58 heavy (non-hydrogen) atoms. The number of ether oxygens (including phenoxy) is 2. The molecule has 1 aliphatic rings. The van der Waals surface area contributed by atoms with E-state index in [1.807, 2.05) is 86.0 Å². The fourth-order valence-corrected chi connectivity index (χ4v) is 8.44. The molecule has 1 fully saturated rings. The van der Waals surface area contributed by atoms with Gasteiger partial charge in [-0.3, -0.25) is 24.1 Å². The summed E-state index contributed by atoms with van der Waals surface area (Å²) >= 11 is 0. The number of nitrogens with one attached hydrogen (secondary N) is 3. The van der Waals surface area contributed by atoms with Crippen LogP contribution in [-0.4, -0.2) is 147 Å². The van der Waals surface area contributed by atoms with Gasteiger partial charge in [-0.1, -0.05) is 85.2 Å². The number of carbonyl (C=O) groups is 5. The second-order valence-electron chi connectivity index (χ2n) is 16.9. The number of carboxylic acid groups (broad SMARTS) is 1. The molecule has 0 aromatic heterocycles. The van der Waals surface area contributed by atoms with E-state index in [1.165, 1.54) is 7.11 Å². The molecule has 2 rings (SSSR count). The van der Waals surface area contributed by atoms with Gasteiger partial charge in [0.2, 0.25) is 23.6 Å². The summed E-state index contributed by atoms with van der Waals surface area (Å²) in [4.78, 5) is 73.7. The summed E-state index contributed by atoms with van der Waals surface area (Å²) in [6.07, 6.45) is 2.74. The number of benzene rings is 1. The average Bonchev–Trinajstić information content (AvgIpc) is 3.67. The molecule has 0 aliphatic carbocycles. The number of amides is 4. The quantitative estimate of drug-likeness (QED) is 0.101. The Morgan fingerprint density at radius 1 is 0.914 bits per heavy atom. The molecule has 0 saturated carbocycles. The summed E-state index contributed by atoms with van der Waals surface area (Å²) in [5.74, 6) is -3.20. The third-order valence-corrected chi connectivity index (χ3v) is 11.9. The van der Waals surface area contributed by atoms with Crippen molar-refractivity contribution in [3.8, 4) is 0 Å². The Kier molecular flexibility index (Phi) is 21.9. The van der Waals surface area contributed by atoms with Crippen LogP contribution in [0, 0.1) is 23.7 Å². The number of methoxy groups -OCH3 is 2. The zero-order chi connectivity index (χ0) is 43.7. The highest BCUT2D eigenvalue weighted by Gasteiger charge is 2.43. The van der Waals surface area contributed by atoms with E-state index in [9.17, 15) is 29.1 Å². The van der Waals surface area contributed by atoms with E-state index in [1.54, 1.807) is 30.9 Å². The predicted molar refractivity (Wildman–Crippen MR) is 227 cm³/mol. The number of aliphatic carboxylic acids is 1. The first-order valence-electron chi connectivity index (χ1n) is 21.3. The summed E-state index contributed by atoms with van der Waals surface area (Å²) < 4.78 is 11.9. The first-order chi connectivity index (χ1) is 27.4. The van der Waals surface area contributed by atoms with Crippen molar-refractivity contribution in [3.63, 3.8) is 0 Å². The number of unbranched alkanes of at least 4 members (excludes halogenated alkanes) is 1. The van der Waals surface area contributed by atoms with Crippen molar-refractivity contribution in [1.29, 1.82) is 0 Å². The Morgan fingerprint density at radius 2 is 1.57 bits per heavy atom. The van der Waals surface area contributed by atoms with E-state index in [4.69, 9.17) is 9.47 Å². The zero-order valence-corrected chi connectivity index (χ0v) is 37.5.